The minimum atomic E-state index is -4.01. The van der Waals surface area contributed by atoms with Gasteiger partial charge >= 0.3 is 0 Å². The van der Waals surface area contributed by atoms with E-state index in [2.05, 4.69) is 87.9 Å². The largest absolute Gasteiger partial charge is 0.335 e. The zero-order valence-electron chi connectivity index (χ0n) is 19.8. The Morgan fingerprint density at radius 2 is 1.68 bits per heavy atom. The summed E-state index contributed by atoms with van der Waals surface area (Å²) in [6, 6.07) is 21.4. The lowest BCUT2D eigenvalue weighted by atomic mass is 10.1. The molecule has 0 saturated heterocycles. The number of benzene rings is 2. The summed E-state index contributed by atoms with van der Waals surface area (Å²) < 4.78 is 35.6. The van der Waals surface area contributed by atoms with E-state index in [0.717, 1.165) is 26.2 Å². The topological polar surface area (TPSA) is 61.5 Å². The second-order valence-electron chi connectivity index (χ2n) is 8.69. The lowest BCUT2D eigenvalue weighted by Crippen LogP contribution is -2.29. The van der Waals surface area contributed by atoms with Crippen LogP contribution in [-0.4, -0.2) is 25.3 Å². The number of thiazole rings is 1. The molecule has 4 heterocycles. The highest BCUT2D eigenvalue weighted by Crippen LogP contribution is 2.48. The summed E-state index contributed by atoms with van der Waals surface area (Å²) in [7, 11) is -1.92. The van der Waals surface area contributed by atoms with Crippen molar-refractivity contribution < 1.29 is 17.5 Å². The number of thioether (sulfide) groups is 1. The number of nitrogens with zero attached hydrogens (tertiary/aromatic N) is 2. The summed E-state index contributed by atoms with van der Waals surface area (Å²) in [5.41, 5.74) is 4.61. The van der Waals surface area contributed by atoms with Gasteiger partial charge in [-0.1, -0.05) is 47.4 Å². The van der Waals surface area contributed by atoms with Crippen LogP contribution >= 0.6 is 45.8 Å². The van der Waals surface area contributed by atoms with Gasteiger partial charge in [-0.05, 0) is 58.6 Å². The van der Waals surface area contributed by atoms with Gasteiger partial charge in [0.2, 0.25) is 5.52 Å². The van der Waals surface area contributed by atoms with Gasteiger partial charge in [0, 0.05) is 27.3 Å². The number of hydrogen-bond donors (Lipinski definition) is 1. The predicted molar refractivity (Wildman–Crippen MR) is 158 cm³/mol. The number of rotatable bonds is 7. The molecule has 1 N–H and O–H groups in total. The third-order valence-corrected chi connectivity index (χ3v) is 11.2. The fourth-order valence-corrected chi connectivity index (χ4v) is 8.62. The van der Waals surface area contributed by atoms with E-state index < -0.39 is 10.1 Å². The van der Waals surface area contributed by atoms with E-state index in [1.165, 1.54) is 25.5 Å². The average Bonchev–Trinajstić information content (AvgIpc) is 3.67. The van der Waals surface area contributed by atoms with Gasteiger partial charge in [-0.15, -0.1) is 22.7 Å². The van der Waals surface area contributed by atoms with E-state index in [-0.39, 0.29) is 5.75 Å². The second kappa shape index (κ2) is 10.0. The van der Waals surface area contributed by atoms with E-state index in [1.54, 1.807) is 45.8 Å². The number of anilines is 1. The molecule has 1 aliphatic heterocycles. The molecule has 37 heavy (non-hydrogen) atoms. The van der Waals surface area contributed by atoms with Crippen LogP contribution in [0.1, 0.15) is 11.4 Å². The molecular weight excluding hydrogens is 561 g/mol. The predicted octanol–water partition coefficient (Wildman–Crippen LogP) is 7.37. The summed E-state index contributed by atoms with van der Waals surface area (Å²) in [6.45, 7) is 0.497. The maximum atomic E-state index is 11.4. The molecule has 0 spiro atoms. The first-order valence-electron chi connectivity index (χ1n) is 11.6. The first-order valence-corrected chi connectivity index (χ1v) is 16.6. The second-order valence-corrected chi connectivity index (χ2v) is 14.3. The minimum absolute atomic E-state index is 0.260. The van der Waals surface area contributed by atoms with Crippen LogP contribution < -0.4 is 9.47 Å². The minimum Gasteiger partial charge on any atom is -0.335 e. The van der Waals surface area contributed by atoms with Crippen molar-refractivity contribution in [1.82, 2.24) is 0 Å². The molecule has 0 amide bonds. The van der Waals surface area contributed by atoms with Crippen LogP contribution in [0.15, 0.2) is 81.3 Å². The molecule has 0 radical (unpaired) electrons. The van der Waals surface area contributed by atoms with Crippen LogP contribution in [0, 0.1) is 0 Å². The highest BCUT2D eigenvalue weighted by atomic mass is 32.2. The zero-order valence-corrected chi connectivity index (χ0v) is 23.9. The zero-order chi connectivity index (χ0) is 25.6. The van der Waals surface area contributed by atoms with Gasteiger partial charge in [-0.3, -0.25) is 4.55 Å². The summed E-state index contributed by atoms with van der Waals surface area (Å²) in [5.74, 6) is -0.260. The van der Waals surface area contributed by atoms with Crippen LogP contribution in [0.3, 0.4) is 0 Å². The third kappa shape index (κ3) is 5.14. The quantitative estimate of drug-likeness (QED) is 0.160. The van der Waals surface area contributed by atoms with Gasteiger partial charge in [-0.25, -0.2) is 0 Å². The summed E-state index contributed by atoms with van der Waals surface area (Å²) in [5, 5.41) is 6.33. The average molecular weight is 584 g/mol. The number of hydrogen-bond acceptors (Lipinski definition) is 7. The number of aryl methyl sites for hydroxylation is 1. The van der Waals surface area contributed by atoms with Crippen LogP contribution in [-0.2, 0) is 17.2 Å². The summed E-state index contributed by atoms with van der Waals surface area (Å²) >= 11 is 6.88. The van der Waals surface area contributed by atoms with Crippen molar-refractivity contribution in [3.05, 3.63) is 81.5 Å². The molecular formula is C27H23N2O3S5+. The number of fused-ring (bicyclic) bond motifs is 2. The van der Waals surface area contributed by atoms with E-state index >= 15 is 0 Å². The Morgan fingerprint density at radius 3 is 2.35 bits per heavy atom. The summed E-state index contributed by atoms with van der Waals surface area (Å²) in [4.78, 5) is 5.77. The molecule has 0 bridgehead atoms. The summed E-state index contributed by atoms with van der Waals surface area (Å²) in [6.07, 6.45) is 2.53. The molecule has 0 unspecified atom stereocenters. The first-order chi connectivity index (χ1) is 17.9. The molecule has 5 nitrogen and oxygen atoms in total. The van der Waals surface area contributed by atoms with E-state index in [1.807, 2.05) is 6.07 Å². The van der Waals surface area contributed by atoms with E-state index in [0.29, 0.717) is 13.0 Å². The van der Waals surface area contributed by atoms with Crippen molar-refractivity contribution in [2.75, 3.05) is 17.2 Å². The first kappa shape index (κ1) is 24.8. The van der Waals surface area contributed by atoms with Gasteiger partial charge in [0.25, 0.3) is 15.1 Å². The van der Waals surface area contributed by atoms with Crippen molar-refractivity contribution >= 4 is 77.9 Å². The van der Waals surface area contributed by atoms with Crippen molar-refractivity contribution in [3.63, 3.8) is 0 Å². The van der Waals surface area contributed by atoms with Crippen molar-refractivity contribution in [2.45, 2.75) is 11.3 Å². The van der Waals surface area contributed by atoms with Crippen molar-refractivity contribution in [2.24, 2.45) is 7.05 Å². The van der Waals surface area contributed by atoms with Crippen LogP contribution in [0.2, 0.25) is 0 Å². The molecule has 0 atom stereocenters. The SMILES string of the molecule is C[n+]1c(/C=C2\Sc3ccc(-c4cccs4)cc3N2CCCS(=O)(=O)O)sc2ccc(-c3cccs3)cc21. The maximum Gasteiger partial charge on any atom is 0.265 e. The highest BCUT2D eigenvalue weighted by molar-refractivity contribution is 8.03. The van der Waals surface area contributed by atoms with Crippen LogP contribution in [0.4, 0.5) is 5.69 Å². The van der Waals surface area contributed by atoms with Gasteiger partial charge in [0.05, 0.1) is 22.5 Å². The van der Waals surface area contributed by atoms with Crippen molar-refractivity contribution in [3.8, 4) is 20.9 Å². The van der Waals surface area contributed by atoms with Gasteiger partial charge in [0.1, 0.15) is 11.7 Å². The number of thiophene rings is 2. The van der Waals surface area contributed by atoms with Gasteiger partial charge < -0.3 is 4.90 Å². The Kier molecular flexibility index (Phi) is 6.72. The fraction of sp³-hybridized carbons (Fsp3) is 0.148. The Balaban J connectivity index is 1.38. The molecule has 0 aliphatic carbocycles. The molecule has 3 aromatic heterocycles. The fourth-order valence-electron chi connectivity index (χ4n) is 4.43. The molecule has 188 valence electrons. The van der Waals surface area contributed by atoms with Crippen LogP contribution in [0.25, 0.3) is 37.2 Å². The van der Waals surface area contributed by atoms with Crippen LogP contribution in [0.5, 0.6) is 0 Å². The number of aromatic nitrogens is 1. The normalized spacial score (nSPS) is 14.6. The molecule has 2 aromatic carbocycles. The molecule has 1 aliphatic rings. The van der Waals surface area contributed by atoms with Gasteiger partial charge in [-0.2, -0.15) is 13.0 Å². The standard InChI is InChI=1S/C27H22N2O3S5/c1-28-20-15-18(22-5-2-12-33-22)7-9-24(20)35-26(28)17-27-29(11-4-14-37(30,31)32)21-16-19(8-10-25(21)36-27)23-6-3-13-34-23/h2-3,5-10,12-13,15-17H,4,11,14H2,1H3/p+1. The molecule has 0 saturated carbocycles. The molecule has 5 aromatic rings. The van der Waals surface area contributed by atoms with E-state index in [9.17, 15) is 13.0 Å². The Bertz CT molecular complexity index is 1720. The highest BCUT2D eigenvalue weighted by Gasteiger charge is 2.28. The lowest BCUT2D eigenvalue weighted by molar-refractivity contribution is -0.642. The van der Waals surface area contributed by atoms with E-state index in [4.69, 9.17) is 0 Å². The van der Waals surface area contributed by atoms with Crippen molar-refractivity contribution in [1.29, 1.82) is 0 Å². The monoisotopic (exact) mass is 583 g/mol. The molecule has 0 fully saturated rings. The lowest BCUT2D eigenvalue weighted by Gasteiger charge is -2.20. The maximum absolute atomic E-state index is 11.4. The molecule has 10 heteroatoms. The van der Waals surface area contributed by atoms with Gasteiger partial charge in [0.15, 0.2) is 0 Å². The molecule has 6 rings (SSSR count). The Morgan fingerprint density at radius 1 is 0.973 bits per heavy atom. The third-order valence-electron chi connectivity index (χ3n) is 6.24. The smallest absolute Gasteiger partial charge is 0.265 e. The Labute approximate surface area is 232 Å². The Hall–Kier alpha value is -2.47.